The molecule has 0 radical (unpaired) electrons. The molecule has 2 nitrogen and oxygen atoms in total. The van der Waals surface area contributed by atoms with Gasteiger partial charge in [0.25, 0.3) is 0 Å². The molecule has 0 bridgehead atoms. The molecule has 1 rings (SSSR count). The maximum absolute atomic E-state index is 6.10. The minimum absolute atomic E-state index is 0.191. The average Bonchev–Trinajstić information content (AvgIpc) is 2.16. The molecular weight excluding hydrogens is 326 g/mol. The lowest BCUT2D eigenvalue weighted by Gasteiger charge is -2.37. The fraction of sp³-hybridized carbons (Fsp3) is 1.00. The maximum Gasteiger partial charge on any atom is 0.0881 e. The highest BCUT2D eigenvalue weighted by molar-refractivity contribution is 14.1. The van der Waals surface area contributed by atoms with Crippen LogP contribution in [0.1, 0.15) is 33.6 Å². The summed E-state index contributed by atoms with van der Waals surface area (Å²) in [6, 6.07) is 0. The third-order valence-corrected chi connectivity index (χ3v) is 4.85. The van der Waals surface area contributed by atoms with Crippen molar-refractivity contribution in [2.75, 3.05) is 10.3 Å². The zero-order valence-electron chi connectivity index (χ0n) is 9.63. The summed E-state index contributed by atoms with van der Waals surface area (Å²) < 4.78 is 12.7. The van der Waals surface area contributed by atoms with Gasteiger partial charge in [0.2, 0.25) is 0 Å². The van der Waals surface area contributed by atoms with Crippen LogP contribution in [-0.2, 0) is 9.47 Å². The van der Waals surface area contributed by atoms with Crippen LogP contribution in [0.4, 0.5) is 0 Å². The molecule has 0 aliphatic carbocycles. The molecule has 15 heavy (non-hydrogen) atoms. The van der Waals surface area contributed by atoms with E-state index in [1.807, 2.05) is 0 Å². The van der Waals surface area contributed by atoms with Gasteiger partial charge < -0.3 is 9.47 Å². The van der Waals surface area contributed by atoms with Crippen molar-refractivity contribution >= 4 is 34.2 Å². The minimum atomic E-state index is -0.191. The van der Waals surface area contributed by atoms with Crippen molar-refractivity contribution in [2.24, 2.45) is 0 Å². The van der Waals surface area contributed by atoms with Gasteiger partial charge in [-0.1, -0.05) is 22.6 Å². The van der Waals surface area contributed by atoms with Crippen LogP contribution in [0, 0.1) is 0 Å². The number of ether oxygens (including phenoxy) is 2. The Kier molecular flexibility index (Phi) is 5.63. The molecular formula is C11H20ClIO2. The van der Waals surface area contributed by atoms with E-state index < -0.39 is 0 Å². The molecule has 0 saturated carbocycles. The first-order chi connectivity index (χ1) is 6.99. The molecule has 1 aliphatic rings. The summed E-state index contributed by atoms with van der Waals surface area (Å²) in [5.41, 5.74) is -0.191. The third-order valence-electron chi connectivity index (χ3n) is 2.67. The predicted octanol–water partition coefficient (Wildman–Crippen LogP) is 3.39. The normalized spacial score (nSPS) is 36.2. The Morgan fingerprint density at radius 2 is 1.93 bits per heavy atom. The molecule has 0 aromatic heterocycles. The van der Waals surface area contributed by atoms with Crippen molar-refractivity contribution in [1.82, 2.24) is 0 Å². The van der Waals surface area contributed by atoms with E-state index >= 15 is 0 Å². The molecule has 1 heterocycles. The molecule has 0 N–H and O–H groups in total. The first-order valence-electron chi connectivity index (χ1n) is 5.44. The molecule has 4 heteroatoms. The lowest BCUT2D eigenvalue weighted by molar-refractivity contribution is -0.138. The average molecular weight is 347 g/mol. The van der Waals surface area contributed by atoms with E-state index in [0.717, 1.165) is 17.3 Å². The second-order valence-corrected chi connectivity index (χ2v) is 5.72. The summed E-state index contributed by atoms with van der Waals surface area (Å²) >= 11 is 8.27. The van der Waals surface area contributed by atoms with Crippen LogP contribution in [0.2, 0.25) is 0 Å². The van der Waals surface area contributed by atoms with Crippen molar-refractivity contribution in [2.45, 2.75) is 57.5 Å². The summed E-state index contributed by atoms with van der Waals surface area (Å²) in [5, 5.41) is 0. The summed E-state index contributed by atoms with van der Waals surface area (Å²) in [6.07, 6.45) is 2.85. The van der Waals surface area contributed by atoms with Gasteiger partial charge in [-0.2, -0.15) is 0 Å². The monoisotopic (exact) mass is 346 g/mol. The quantitative estimate of drug-likeness (QED) is 0.574. The largest absolute Gasteiger partial charge is 0.375 e. The topological polar surface area (TPSA) is 18.5 Å². The van der Waals surface area contributed by atoms with Gasteiger partial charge in [-0.05, 0) is 33.6 Å². The van der Waals surface area contributed by atoms with Crippen molar-refractivity contribution in [3.05, 3.63) is 0 Å². The lowest BCUT2D eigenvalue weighted by Crippen LogP contribution is -2.42. The Bertz CT molecular complexity index is 187. The van der Waals surface area contributed by atoms with Crippen LogP contribution >= 0.6 is 34.2 Å². The smallest absolute Gasteiger partial charge is 0.0881 e. The molecule has 3 unspecified atom stereocenters. The highest BCUT2D eigenvalue weighted by atomic mass is 127. The molecule has 1 saturated heterocycles. The second kappa shape index (κ2) is 6.03. The van der Waals surface area contributed by atoms with E-state index in [9.17, 15) is 0 Å². The Morgan fingerprint density at radius 1 is 1.40 bits per heavy atom. The van der Waals surface area contributed by atoms with E-state index in [1.54, 1.807) is 0 Å². The van der Waals surface area contributed by atoms with E-state index in [-0.39, 0.29) is 5.60 Å². The van der Waals surface area contributed by atoms with Crippen LogP contribution in [-0.4, -0.2) is 34.2 Å². The Balaban J connectivity index is 2.49. The van der Waals surface area contributed by atoms with E-state index in [0.29, 0.717) is 24.2 Å². The van der Waals surface area contributed by atoms with Crippen LogP contribution < -0.4 is 0 Å². The van der Waals surface area contributed by atoms with Gasteiger partial charge in [-0.3, -0.25) is 0 Å². The SMILES string of the molecule is CC1CC(OC(C)(CCl)CI)CC(C)O1. The van der Waals surface area contributed by atoms with Crippen molar-refractivity contribution in [3.8, 4) is 0 Å². The van der Waals surface area contributed by atoms with Crippen molar-refractivity contribution in [1.29, 1.82) is 0 Å². The minimum Gasteiger partial charge on any atom is -0.375 e. The molecule has 3 atom stereocenters. The summed E-state index contributed by atoms with van der Waals surface area (Å²) in [6.45, 7) is 6.29. The van der Waals surface area contributed by atoms with Crippen molar-refractivity contribution < 1.29 is 9.47 Å². The van der Waals surface area contributed by atoms with Gasteiger partial charge in [0.15, 0.2) is 0 Å². The van der Waals surface area contributed by atoms with E-state index in [2.05, 4.69) is 43.4 Å². The molecule has 0 amide bonds. The standard InChI is InChI=1S/C11H20ClIO2/c1-8-4-10(5-9(2)14-8)15-11(3,6-12)7-13/h8-10H,4-7H2,1-3H3. The Morgan fingerprint density at radius 3 is 2.33 bits per heavy atom. The Hall–Kier alpha value is 0.940. The van der Waals surface area contributed by atoms with E-state index in [1.165, 1.54) is 0 Å². The molecule has 1 fully saturated rings. The lowest BCUT2D eigenvalue weighted by atomic mass is 10.0. The number of hydrogen-bond donors (Lipinski definition) is 0. The Labute approximate surface area is 111 Å². The van der Waals surface area contributed by atoms with Crippen LogP contribution in [0.5, 0.6) is 0 Å². The molecule has 0 aromatic rings. The third kappa shape index (κ3) is 4.36. The van der Waals surface area contributed by atoms with Crippen molar-refractivity contribution in [3.63, 3.8) is 0 Å². The fourth-order valence-corrected chi connectivity index (χ4v) is 2.87. The zero-order valence-corrected chi connectivity index (χ0v) is 12.5. The molecule has 90 valence electrons. The van der Waals surface area contributed by atoms with Crippen LogP contribution in [0.15, 0.2) is 0 Å². The molecule has 0 spiro atoms. The zero-order chi connectivity index (χ0) is 11.5. The summed E-state index contributed by atoms with van der Waals surface area (Å²) in [4.78, 5) is 0. The first kappa shape index (κ1) is 14.0. The number of hydrogen-bond acceptors (Lipinski definition) is 2. The highest BCUT2D eigenvalue weighted by Crippen LogP contribution is 2.27. The first-order valence-corrected chi connectivity index (χ1v) is 7.50. The summed E-state index contributed by atoms with van der Waals surface area (Å²) in [5.74, 6) is 0.552. The van der Waals surface area contributed by atoms with Gasteiger partial charge in [-0.15, -0.1) is 11.6 Å². The van der Waals surface area contributed by atoms with Gasteiger partial charge in [0.05, 0.1) is 29.8 Å². The summed E-state index contributed by atoms with van der Waals surface area (Å²) in [7, 11) is 0. The van der Waals surface area contributed by atoms with Gasteiger partial charge in [0.1, 0.15) is 0 Å². The van der Waals surface area contributed by atoms with Gasteiger partial charge in [0, 0.05) is 4.43 Å². The maximum atomic E-state index is 6.10. The van der Waals surface area contributed by atoms with Crippen LogP contribution in [0.25, 0.3) is 0 Å². The molecule has 1 aliphatic heterocycles. The van der Waals surface area contributed by atoms with E-state index in [4.69, 9.17) is 21.1 Å². The number of halogens is 2. The number of rotatable bonds is 4. The van der Waals surface area contributed by atoms with Crippen LogP contribution in [0.3, 0.4) is 0 Å². The predicted molar refractivity (Wildman–Crippen MR) is 72.1 cm³/mol. The highest BCUT2D eigenvalue weighted by Gasteiger charge is 2.32. The molecule has 0 aromatic carbocycles. The second-order valence-electron chi connectivity index (χ2n) is 4.69. The fourth-order valence-electron chi connectivity index (χ4n) is 1.94. The number of alkyl halides is 2. The van der Waals surface area contributed by atoms with Gasteiger partial charge in [-0.25, -0.2) is 0 Å². The van der Waals surface area contributed by atoms with Gasteiger partial charge >= 0.3 is 0 Å².